The lowest BCUT2D eigenvalue weighted by atomic mass is 10.3. The van der Waals surface area contributed by atoms with Gasteiger partial charge in [0.15, 0.2) is 23.0 Å². The lowest BCUT2D eigenvalue weighted by Gasteiger charge is -2.07. The Labute approximate surface area is 97.4 Å². The number of ether oxygens (including phenoxy) is 2. The van der Waals surface area contributed by atoms with Crippen LogP contribution >= 0.6 is 0 Å². The van der Waals surface area contributed by atoms with Crippen LogP contribution in [0.5, 0.6) is 11.5 Å². The molecule has 0 unspecified atom stereocenters. The van der Waals surface area contributed by atoms with Gasteiger partial charge in [-0.25, -0.2) is 9.78 Å². The van der Waals surface area contributed by atoms with Crippen LogP contribution in [0.25, 0.3) is 0 Å². The molecule has 2 rings (SSSR count). The van der Waals surface area contributed by atoms with Crippen molar-refractivity contribution in [3.63, 3.8) is 0 Å². The molecular weight excluding hydrogens is 222 g/mol. The quantitative estimate of drug-likeness (QED) is 0.614. The summed E-state index contributed by atoms with van der Waals surface area (Å²) >= 11 is 0. The Morgan fingerprint density at radius 3 is 2.65 bits per heavy atom. The van der Waals surface area contributed by atoms with Gasteiger partial charge in [0.1, 0.15) is 0 Å². The largest absolute Gasteiger partial charge is 0.493 e. The van der Waals surface area contributed by atoms with Gasteiger partial charge in [0.2, 0.25) is 0 Å². The van der Waals surface area contributed by atoms with Gasteiger partial charge in [0.25, 0.3) is 0 Å². The van der Waals surface area contributed by atoms with Crippen molar-refractivity contribution >= 4 is 11.8 Å². The lowest BCUT2D eigenvalue weighted by molar-refractivity contribution is 0.0725. The molecule has 0 saturated carbocycles. The number of imidazole rings is 1. The second-order valence-electron chi connectivity index (χ2n) is 3.20. The average molecular weight is 233 g/mol. The number of nitrogens with zero attached hydrogens (tertiary/aromatic N) is 1. The minimum atomic E-state index is -0.607. The number of rotatable bonds is 3. The molecule has 6 nitrogen and oxygen atoms in total. The van der Waals surface area contributed by atoms with Gasteiger partial charge in [-0.3, -0.25) is 0 Å². The molecule has 0 radical (unpaired) electrons. The molecule has 3 N–H and O–H groups in total. The fraction of sp³-hybridized carbons (Fsp3) is 0.0909. The zero-order chi connectivity index (χ0) is 12.3. The summed E-state index contributed by atoms with van der Waals surface area (Å²) in [5.74, 6) is 0.294. The van der Waals surface area contributed by atoms with Crippen LogP contribution in [0.4, 0.5) is 5.82 Å². The van der Waals surface area contributed by atoms with Crippen LogP contribution in [-0.4, -0.2) is 23.0 Å². The molecule has 0 spiro atoms. The molecule has 0 bridgehead atoms. The zero-order valence-corrected chi connectivity index (χ0v) is 9.14. The molecule has 1 aromatic heterocycles. The number of anilines is 1. The Morgan fingerprint density at radius 1 is 1.35 bits per heavy atom. The molecule has 88 valence electrons. The van der Waals surface area contributed by atoms with Crippen LogP contribution in [0.1, 0.15) is 10.5 Å². The van der Waals surface area contributed by atoms with Crippen molar-refractivity contribution in [1.82, 2.24) is 9.97 Å². The molecule has 0 atom stereocenters. The molecule has 6 heteroatoms. The number of esters is 1. The van der Waals surface area contributed by atoms with E-state index < -0.39 is 5.97 Å². The third-order valence-corrected chi connectivity index (χ3v) is 2.14. The van der Waals surface area contributed by atoms with Crippen LogP contribution in [0, 0.1) is 0 Å². The lowest BCUT2D eigenvalue weighted by Crippen LogP contribution is -2.11. The van der Waals surface area contributed by atoms with Gasteiger partial charge in [-0.15, -0.1) is 0 Å². The van der Waals surface area contributed by atoms with Crippen molar-refractivity contribution in [3.8, 4) is 11.5 Å². The smallest absolute Gasteiger partial charge is 0.364 e. The number of H-pyrrole nitrogens is 1. The molecule has 0 fully saturated rings. The highest BCUT2D eigenvalue weighted by atomic mass is 16.6. The number of carbonyl (C=O) groups excluding carboxylic acids is 1. The third-order valence-electron chi connectivity index (χ3n) is 2.14. The molecule has 2 aromatic rings. The topological polar surface area (TPSA) is 90.2 Å². The highest BCUT2D eigenvalue weighted by Gasteiger charge is 2.16. The summed E-state index contributed by atoms with van der Waals surface area (Å²) in [6, 6.07) is 6.84. The SMILES string of the molecule is COc1ccccc1OC(=O)c1[nH]cnc1N. The number of aromatic nitrogens is 2. The number of hydrogen-bond donors (Lipinski definition) is 2. The summed E-state index contributed by atoms with van der Waals surface area (Å²) in [4.78, 5) is 18.1. The number of carbonyl (C=O) groups is 1. The number of methoxy groups -OCH3 is 1. The summed E-state index contributed by atoms with van der Waals surface area (Å²) in [7, 11) is 1.50. The van der Waals surface area contributed by atoms with Gasteiger partial charge in [0, 0.05) is 0 Å². The Balaban J connectivity index is 2.22. The van der Waals surface area contributed by atoms with Gasteiger partial charge in [0.05, 0.1) is 13.4 Å². The summed E-state index contributed by atoms with van der Waals surface area (Å²) in [5.41, 5.74) is 5.61. The van der Waals surface area contributed by atoms with Crippen molar-refractivity contribution in [2.45, 2.75) is 0 Å². The number of aromatic amines is 1. The minimum absolute atomic E-state index is 0.102. The van der Waals surface area contributed by atoms with Gasteiger partial charge in [-0.05, 0) is 12.1 Å². The molecule has 0 aliphatic heterocycles. The number of nitrogens with two attached hydrogens (primary N) is 1. The first-order valence-corrected chi connectivity index (χ1v) is 4.86. The van der Waals surface area contributed by atoms with Crippen LogP contribution < -0.4 is 15.2 Å². The Bertz CT molecular complexity index is 536. The maximum atomic E-state index is 11.7. The van der Waals surface area contributed by atoms with E-state index in [4.69, 9.17) is 15.2 Å². The molecule has 17 heavy (non-hydrogen) atoms. The summed E-state index contributed by atoms with van der Waals surface area (Å²) in [5, 5.41) is 0. The third kappa shape index (κ3) is 2.20. The predicted molar refractivity (Wildman–Crippen MR) is 61.0 cm³/mol. The van der Waals surface area contributed by atoms with Crippen molar-refractivity contribution in [2.75, 3.05) is 12.8 Å². The molecule has 0 saturated heterocycles. The average Bonchev–Trinajstić information content (AvgIpc) is 2.76. The zero-order valence-electron chi connectivity index (χ0n) is 9.14. The maximum Gasteiger partial charge on any atom is 0.364 e. The molecule has 1 heterocycles. The molecular formula is C11H11N3O3. The highest BCUT2D eigenvalue weighted by molar-refractivity contribution is 5.93. The number of nitrogens with one attached hydrogen (secondary N) is 1. The van der Waals surface area contributed by atoms with Gasteiger partial charge in [-0.1, -0.05) is 12.1 Å². The standard InChI is InChI=1S/C11H11N3O3/c1-16-7-4-2-3-5-8(7)17-11(15)9-10(12)14-6-13-9/h2-6H,12H2,1H3,(H,13,14). The van der Waals surface area contributed by atoms with E-state index in [0.29, 0.717) is 11.5 Å². The van der Waals surface area contributed by atoms with Crippen molar-refractivity contribution in [2.24, 2.45) is 0 Å². The van der Waals surface area contributed by atoms with Crippen LogP contribution in [0.2, 0.25) is 0 Å². The first kappa shape index (κ1) is 11.0. The van der Waals surface area contributed by atoms with E-state index >= 15 is 0 Å². The summed E-state index contributed by atoms with van der Waals surface area (Å²) in [6.45, 7) is 0. The molecule has 1 aromatic carbocycles. The van der Waals surface area contributed by atoms with E-state index in [0.717, 1.165) is 0 Å². The van der Waals surface area contributed by atoms with Crippen molar-refractivity contribution in [3.05, 3.63) is 36.3 Å². The number of para-hydroxylation sites is 2. The van der Waals surface area contributed by atoms with Gasteiger partial charge >= 0.3 is 5.97 Å². The second-order valence-corrected chi connectivity index (χ2v) is 3.20. The van der Waals surface area contributed by atoms with E-state index in [-0.39, 0.29) is 11.5 Å². The van der Waals surface area contributed by atoms with E-state index in [9.17, 15) is 4.79 Å². The monoisotopic (exact) mass is 233 g/mol. The highest BCUT2D eigenvalue weighted by Crippen LogP contribution is 2.26. The van der Waals surface area contributed by atoms with E-state index in [1.165, 1.54) is 13.4 Å². The van der Waals surface area contributed by atoms with Crippen LogP contribution in [-0.2, 0) is 0 Å². The maximum absolute atomic E-state index is 11.7. The molecule has 0 aliphatic rings. The number of nitrogen functional groups attached to an aromatic ring is 1. The fourth-order valence-corrected chi connectivity index (χ4v) is 1.32. The fourth-order valence-electron chi connectivity index (χ4n) is 1.32. The molecule has 0 amide bonds. The predicted octanol–water partition coefficient (Wildman–Crippen LogP) is 1.22. The summed E-state index contributed by atoms with van der Waals surface area (Å²) < 4.78 is 10.2. The van der Waals surface area contributed by atoms with E-state index in [1.54, 1.807) is 24.3 Å². The normalized spacial score (nSPS) is 9.94. The minimum Gasteiger partial charge on any atom is -0.493 e. The second kappa shape index (κ2) is 4.56. The molecule has 0 aliphatic carbocycles. The van der Waals surface area contributed by atoms with E-state index in [2.05, 4.69) is 9.97 Å². The van der Waals surface area contributed by atoms with Crippen molar-refractivity contribution in [1.29, 1.82) is 0 Å². The van der Waals surface area contributed by atoms with Gasteiger partial charge < -0.3 is 20.2 Å². The first-order valence-electron chi connectivity index (χ1n) is 4.86. The van der Waals surface area contributed by atoms with Gasteiger partial charge in [-0.2, -0.15) is 0 Å². The first-order chi connectivity index (χ1) is 8.22. The van der Waals surface area contributed by atoms with Crippen LogP contribution in [0.15, 0.2) is 30.6 Å². The number of hydrogen-bond acceptors (Lipinski definition) is 5. The Hall–Kier alpha value is -2.50. The summed E-state index contributed by atoms with van der Waals surface area (Å²) in [6.07, 6.45) is 1.33. The van der Waals surface area contributed by atoms with E-state index in [1.807, 2.05) is 0 Å². The Morgan fingerprint density at radius 2 is 2.06 bits per heavy atom. The number of benzene rings is 1. The van der Waals surface area contributed by atoms with Crippen LogP contribution in [0.3, 0.4) is 0 Å². The Kier molecular flexibility index (Phi) is 2.95. The van der Waals surface area contributed by atoms with Crippen molar-refractivity contribution < 1.29 is 14.3 Å².